The summed E-state index contributed by atoms with van der Waals surface area (Å²) in [5, 5.41) is 30.5. The van der Waals surface area contributed by atoms with E-state index in [-0.39, 0.29) is 12.3 Å². The van der Waals surface area contributed by atoms with Crippen LogP contribution in [-0.4, -0.2) is 48.1 Å². The molecule has 132 valence electrons. The predicted molar refractivity (Wildman–Crippen MR) is 97.3 cm³/mol. The molecule has 0 bridgehead atoms. The molecule has 0 fully saturated rings. The first-order chi connectivity index (χ1) is 11.9. The van der Waals surface area contributed by atoms with E-state index < -0.39 is 17.1 Å². The zero-order valence-electron chi connectivity index (χ0n) is 14.1. The van der Waals surface area contributed by atoms with Crippen molar-refractivity contribution in [1.82, 2.24) is 0 Å². The van der Waals surface area contributed by atoms with Crippen molar-refractivity contribution in [3.8, 4) is 0 Å². The molecule has 0 aliphatic heterocycles. The maximum absolute atomic E-state index is 10.7. The number of hydrogen-bond donors (Lipinski definition) is 2. The van der Waals surface area contributed by atoms with Crippen LogP contribution in [0.3, 0.4) is 0 Å². The SMILES string of the molecule is CN(C)c1ccc(C=N[C@@H](CO)[C@H](O)c2ccc([N+](=O)[O-])cc2)cc1. The topological polar surface area (TPSA) is 99.2 Å². The van der Waals surface area contributed by atoms with Gasteiger partial charge in [0.25, 0.3) is 5.69 Å². The molecule has 25 heavy (non-hydrogen) atoms. The molecule has 7 nitrogen and oxygen atoms in total. The Balaban J connectivity index is 2.11. The Kier molecular flexibility index (Phi) is 6.21. The third-order valence-electron chi connectivity index (χ3n) is 3.82. The summed E-state index contributed by atoms with van der Waals surface area (Å²) in [6.45, 7) is -0.343. The first-order valence-corrected chi connectivity index (χ1v) is 7.76. The number of nitrogens with zero attached hydrogens (tertiary/aromatic N) is 3. The number of non-ortho nitro benzene ring substituents is 1. The van der Waals surface area contributed by atoms with Gasteiger partial charge in [0, 0.05) is 38.1 Å². The van der Waals surface area contributed by atoms with Gasteiger partial charge >= 0.3 is 0 Å². The molecule has 2 rings (SSSR count). The third-order valence-corrected chi connectivity index (χ3v) is 3.82. The van der Waals surface area contributed by atoms with Crippen molar-refractivity contribution < 1.29 is 15.1 Å². The Morgan fingerprint density at radius 2 is 1.76 bits per heavy atom. The van der Waals surface area contributed by atoms with Crippen LogP contribution in [0.1, 0.15) is 17.2 Å². The minimum atomic E-state index is -1.05. The van der Waals surface area contributed by atoms with Crippen LogP contribution in [0.15, 0.2) is 53.5 Å². The highest BCUT2D eigenvalue weighted by Crippen LogP contribution is 2.22. The van der Waals surface area contributed by atoms with Crippen LogP contribution in [-0.2, 0) is 0 Å². The zero-order valence-corrected chi connectivity index (χ0v) is 14.1. The van der Waals surface area contributed by atoms with E-state index in [0.717, 1.165) is 11.3 Å². The van der Waals surface area contributed by atoms with E-state index in [9.17, 15) is 20.3 Å². The molecule has 2 aromatic rings. The lowest BCUT2D eigenvalue weighted by molar-refractivity contribution is -0.384. The molecular weight excluding hydrogens is 322 g/mol. The van der Waals surface area contributed by atoms with Crippen LogP contribution in [0, 0.1) is 10.1 Å². The largest absolute Gasteiger partial charge is 0.394 e. The molecular formula is C18H21N3O4. The molecule has 2 atom stereocenters. The fraction of sp³-hybridized carbons (Fsp3) is 0.278. The number of aliphatic imine (C=N–C) groups is 1. The normalized spacial score (nSPS) is 13.6. The zero-order chi connectivity index (χ0) is 18.4. The average Bonchev–Trinajstić information content (AvgIpc) is 2.62. The van der Waals surface area contributed by atoms with E-state index in [4.69, 9.17) is 0 Å². The summed E-state index contributed by atoms with van der Waals surface area (Å²) in [7, 11) is 3.90. The first kappa shape index (κ1) is 18.6. The number of benzene rings is 2. The number of nitro groups is 1. The lowest BCUT2D eigenvalue weighted by atomic mass is 10.0. The van der Waals surface area contributed by atoms with Crippen LogP contribution in [0.4, 0.5) is 11.4 Å². The molecule has 0 amide bonds. The molecule has 0 saturated heterocycles. The summed E-state index contributed by atoms with van der Waals surface area (Å²) in [5.41, 5.74) is 2.31. The van der Waals surface area contributed by atoms with E-state index in [2.05, 4.69) is 4.99 Å². The summed E-state index contributed by atoms with van der Waals surface area (Å²) >= 11 is 0. The summed E-state index contributed by atoms with van der Waals surface area (Å²) in [6.07, 6.45) is 0.540. The second-order valence-electron chi connectivity index (χ2n) is 5.81. The molecule has 0 unspecified atom stereocenters. The van der Waals surface area contributed by atoms with Gasteiger partial charge in [0.1, 0.15) is 12.1 Å². The molecule has 0 aliphatic rings. The molecule has 0 spiro atoms. The number of hydrogen-bond acceptors (Lipinski definition) is 6. The molecule has 0 saturated carbocycles. The van der Waals surface area contributed by atoms with Crippen molar-refractivity contribution in [2.24, 2.45) is 4.99 Å². The summed E-state index contributed by atoms with van der Waals surface area (Å²) in [6, 6.07) is 12.5. The van der Waals surface area contributed by atoms with Gasteiger partial charge in [-0.05, 0) is 35.4 Å². The molecule has 2 N–H and O–H groups in total. The Morgan fingerprint density at radius 3 is 2.24 bits per heavy atom. The number of rotatable bonds is 7. The van der Waals surface area contributed by atoms with Gasteiger partial charge in [0.05, 0.1) is 11.5 Å². The van der Waals surface area contributed by atoms with Crippen molar-refractivity contribution in [2.45, 2.75) is 12.1 Å². The van der Waals surface area contributed by atoms with Gasteiger partial charge in [0.2, 0.25) is 0 Å². The van der Waals surface area contributed by atoms with Crippen molar-refractivity contribution >= 4 is 17.6 Å². The van der Waals surface area contributed by atoms with Crippen molar-refractivity contribution in [2.75, 3.05) is 25.6 Å². The van der Waals surface area contributed by atoms with Crippen molar-refractivity contribution in [3.63, 3.8) is 0 Å². The van der Waals surface area contributed by atoms with Crippen LogP contribution < -0.4 is 4.90 Å². The minimum absolute atomic E-state index is 0.0546. The molecule has 2 aromatic carbocycles. The smallest absolute Gasteiger partial charge is 0.269 e. The Bertz CT molecular complexity index is 727. The van der Waals surface area contributed by atoms with E-state index in [1.54, 1.807) is 6.21 Å². The van der Waals surface area contributed by atoms with Gasteiger partial charge < -0.3 is 15.1 Å². The number of aliphatic hydroxyl groups excluding tert-OH is 2. The predicted octanol–water partition coefficient (Wildman–Crippen LogP) is 2.17. The third kappa shape index (κ3) is 4.85. The van der Waals surface area contributed by atoms with Gasteiger partial charge in [-0.2, -0.15) is 0 Å². The van der Waals surface area contributed by atoms with Gasteiger partial charge in [-0.1, -0.05) is 12.1 Å². The van der Waals surface area contributed by atoms with Gasteiger partial charge in [-0.15, -0.1) is 0 Å². The number of anilines is 1. The van der Waals surface area contributed by atoms with Crippen LogP contribution in [0.25, 0.3) is 0 Å². The number of nitro benzene ring substituents is 1. The quantitative estimate of drug-likeness (QED) is 0.456. The van der Waals surface area contributed by atoms with Gasteiger partial charge in [-0.3, -0.25) is 15.1 Å². The van der Waals surface area contributed by atoms with E-state index >= 15 is 0 Å². The maximum atomic E-state index is 10.7. The fourth-order valence-corrected chi connectivity index (χ4v) is 2.28. The van der Waals surface area contributed by atoms with Crippen LogP contribution in [0.2, 0.25) is 0 Å². The minimum Gasteiger partial charge on any atom is -0.394 e. The maximum Gasteiger partial charge on any atom is 0.269 e. The Hall–Kier alpha value is -2.77. The highest BCUT2D eigenvalue weighted by Gasteiger charge is 2.19. The average molecular weight is 343 g/mol. The summed E-state index contributed by atoms with van der Waals surface area (Å²) in [5.74, 6) is 0. The first-order valence-electron chi connectivity index (χ1n) is 7.76. The van der Waals surface area contributed by atoms with Gasteiger partial charge in [-0.25, -0.2) is 0 Å². The number of aliphatic hydroxyl groups is 2. The Labute approximate surface area is 146 Å². The molecule has 0 aromatic heterocycles. The van der Waals surface area contributed by atoms with Crippen molar-refractivity contribution in [3.05, 3.63) is 69.8 Å². The second kappa shape index (κ2) is 8.36. The lowest BCUT2D eigenvalue weighted by Gasteiger charge is -2.17. The summed E-state index contributed by atoms with van der Waals surface area (Å²) in [4.78, 5) is 16.4. The Morgan fingerprint density at radius 1 is 1.16 bits per heavy atom. The monoisotopic (exact) mass is 343 g/mol. The second-order valence-corrected chi connectivity index (χ2v) is 5.81. The molecule has 7 heteroatoms. The standard InChI is InChI=1S/C18H21N3O4/c1-20(2)15-7-3-13(4-8-15)11-19-17(12-22)18(23)14-5-9-16(10-6-14)21(24)25/h3-11,17-18,22-23H,12H2,1-2H3/t17-,18+/m0/s1. The molecule has 0 radical (unpaired) electrons. The molecule has 0 aliphatic carbocycles. The lowest BCUT2D eigenvalue weighted by Crippen LogP contribution is -2.21. The van der Waals surface area contributed by atoms with Crippen molar-refractivity contribution in [1.29, 1.82) is 0 Å². The fourth-order valence-electron chi connectivity index (χ4n) is 2.28. The van der Waals surface area contributed by atoms with E-state index in [0.29, 0.717) is 5.56 Å². The van der Waals surface area contributed by atoms with Crippen LogP contribution in [0.5, 0.6) is 0 Å². The van der Waals surface area contributed by atoms with Crippen LogP contribution >= 0.6 is 0 Å². The van der Waals surface area contributed by atoms with Gasteiger partial charge in [0.15, 0.2) is 0 Å². The highest BCUT2D eigenvalue weighted by molar-refractivity contribution is 5.80. The highest BCUT2D eigenvalue weighted by atomic mass is 16.6. The summed E-state index contributed by atoms with van der Waals surface area (Å²) < 4.78 is 0. The molecule has 0 heterocycles. The van der Waals surface area contributed by atoms with E-state index in [1.807, 2.05) is 43.3 Å². The van der Waals surface area contributed by atoms with E-state index in [1.165, 1.54) is 24.3 Å².